The van der Waals surface area contributed by atoms with Crippen molar-refractivity contribution >= 4 is 33.2 Å². The van der Waals surface area contributed by atoms with E-state index in [1.807, 2.05) is 6.07 Å². The molecule has 0 aliphatic carbocycles. The SMILES string of the molecule is CCN(CC)S(=O)(=O)c1cc(C(=O)Nc2ccc(NC(=O)c3ccccc3)cc2)ccc1C. The zero-order valence-corrected chi connectivity index (χ0v) is 19.6. The second kappa shape index (κ2) is 10.4. The summed E-state index contributed by atoms with van der Waals surface area (Å²) in [7, 11) is -3.69. The quantitative estimate of drug-likeness (QED) is 0.511. The highest BCUT2D eigenvalue weighted by atomic mass is 32.2. The summed E-state index contributed by atoms with van der Waals surface area (Å²) < 4.78 is 27.2. The molecule has 33 heavy (non-hydrogen) atoms. The summed E-state index contributed by atoms with van der Waals surface area (Å²) in [5.41, 5.74) is 2.48. The first kappa shape index (κ1) is 24.2. The van der Waals surface area contributed by atoms with E-state index in [1.165, 1.54) is 10.4 Å². The van der Waals surface area contributed by atoms with Gasteiger partial charge in [-0.3, -0.25) is 9.59 Å². The van der Waals surface area contributed by atoms with Crippen LogP contribution in [0.15, 0.2) is 77.7 Å². The first-order valence-corrected chi connectivity index (χ1v) is 12.1. The molecule has 0 fully saturated rings. The largest absolute Gasteiger partial charge is 0.322 e. The van der Waals surface area contributed by atoms with Crippen LogP contribution in [0.4, 0.5) is 11.4 Å². The standard InChI is InChI=1S/C25H27N3O4S/c1-4-28(5-2)33(31,32)23-17-20(12-11-18(23)3)25(30)27-22-15-13-21(14-16-22)26-24(29)19-9-7-6-8-10-19/h6-17H,4-5H2,1-3H3,(H,26,29)(H,27,30). The molecule has 0 aliphatic rings. The number of amides is 2. The highest BCUT2D eigenvalue weighted by Crippen LogP contribution is 2.22. The van der Waals surface area contributed by atoms with Crippen molar-refractivity contribution in [3.05, 3.63) is 89.5 Å². The molecular formula is C25H27N3O4S. The predicted molar refractivity (Wildman–Crippen MR) is 130 cm³/mol. The van der Waals surface area contributed by atoms with Gasteiger partial charge in [-0.15, -0.1) is 0 Å². The van der Waals surface area contributed by atoms with E-state index in [0.717, 1.165) is 0 Å². The number of anilines is 2. The minimum absolute atomic E-state index is 0.123. The molecule has 172 valence electrons. The van der Waals surface area contributed by atoms with E-state index in [9.17, 15) is 18.0 Å². The Morgan fingerprint density at radius 3 is 1.79 bits per heavy atom. The fraction of sp³-hybridized carbons (Fsp3) is 0.200. The van der Waals surface area contributed by atoms with Crippen LogP contribution in [0, 0.1) is 6.92 Å². The summed E-state index contributed by atoms with van der Waals surface area (Å²) in [6.45, 7) is 5.96. The molecule has 0 unspecified atom stereocenters. The average Bonchev–Trinajstić information content (AvgIpc) is 2.81. The summed E-state index contributed by atoms with van der Waals surface area (Å²) >= 11 is 0. The summed E-state index contributed by atoms with van der Waals surface area (Å²) in [6, 6.07) is 20.2. The van der Waals surface area contributed by atoms with Gasteiger partial charge in [0.2, 0.25) is 10.0 Å². The number of aryl methyl sites for hydroxylation is 1. The molecule has 0 saturated carbocycles. The Morgan fingerprint density at radius 1 is 0.758 bits per heavy atom. The number of hydrogen-bond acceptors (Lipinski definition) is 4. The van der Waals surface area contributed by atoms with Crippen LogP contribution in [0.1, 0.15) is 40.1 Å². The van der Waals surface area contributed by atoms with Crippen molar-refractivity contribution in [1.29, 1.82) is 0 Å². The molecule has 0 bridgehead atoms. The minimum atomic E-state index is -3.69. The molecule has 3 rings (SSSR count). The average molecular weight is 466 g/mol. The van der Waals surface area contributed by atoms with Gasteiger partial charge in [0.25, 0.3) is 11.8 Å². The number of nitrogens with one attached hydrogen (secondary N) is 2. The highest BCUT2D eigenvalue weighted by molar-refractivity contribution is 7.89. The van der Waals surface area contributed by atoms with Crippen LogP contribution in [0.2, 0.25) is 0 Å². The van der Waals surface area contributed by atoms with E-state index < -0.39 is 15.9 Å². The molecule has 0 atom stereocenters. The Hall–Kier alpha value is -3.49. The van der Waals surface area contributed by atoms with Crippen molar-refractivity contribution in [1.82, 2.24) is 4.31 Å². The lowest BCUT2D eigenvalue weighted by Crippen LogP contribution is -2.31. The third-order valence-corrected chi connectivity index (χ3v) is 7.40. The first-order chi connectivity index (χ1) is 15.8. The van der Waals surface area contributed by atoms with Crippen LogP contribution in [-0.4, -0.2) is 37.6 Å². The Kier molecular flexibility index (Phi) is 7.63. The van der Waals surface area contributed by atoms with Crippen LogP contribution in [0.5, 0.6) is 0 Å². The van der Waals surface area contributed by atoms with Gasteiger partial charge >= 0.3 is 0 Å². The maximum atomic E-state index is 12.9. The van der Waals surface area contributed by atoms with Gasteiger partial charge in [0.15, 0.2) is 0 Å². The Labute approximate surface area is 194 Å². The van der Waals surface area contributed by atoms with Gasteiger partial charge in [-0.05, 0) is 61.0 Å². The lowest BCUT2D eigenvalue weighted by molar-refractivity contribution is 0.101. The lowest BCUT2D eigenvalue weighted by atomic mass is 10.1. The Balaban J connectivity index is 1.73. The van der Waals surface area contributed by atoms with Crippen LogP contribution < -0.4 is 10.6 Å². The molecule has 0 aliphatic heterocycles. The van der Waals surface area contributed by atoms with Crippen LogP contribution in [0.3, 0.4) is 0 Å². The fourth-order valence-corrected chi connectivity index (χ4v) is 5.06. The zero-order chi connectivity index (χ0) is 24.0. The van der Waals surface area contributed by atoms with Crippen molar-refractivity contribution in [2.24, 2.45) is 0 Å². The molecule has 0 saturated heterocycles. The van der Waals surface area contributed by atoms with Crippen molar-refractivity contribution in [3.8, 4) is 0 Å². The van der Waals surface area contributed by atoms with E-state index >= 15 is 0 Å². The Bertz CT molecular complexity index is 1240. The third kappa shape index (κ3) is 5.66. The van der Waals surface area contributed by atoms with Crippen molar-refractivity contribution in [2.45, 2.75) is 25.7 Å². The highest BCUT2D eigenvalue weighted by Gasteiger charge is 2.24. The smallest absolute Gasteiger partial charge is 0.255 e. The van der Waals surface area contributed by atoms with E-state index in [-0.39, 0.29) is 16.4 Å². The molecule has 8 heteroatoms. The van der Waals surface area contributed by atoms with Gasteiger partial charge < -0.3 is 10.6 Å². The summed E-state index contributed by atoms with van der Waals surface area (Å²) in [4.78, 5) is 25.2. The zero-order valence-electron chi connectivity index (χ0n) is 18.8. The summed E-state index contributed by atoms with van der Waals surface area (Å²) in [5, 5.41) is 5.57. The number of benzene rings is 3. The normalized spacial score (nSPS) is 11.3. The summed E-state index contributed by atoms with van der Waals surface area (Å²) in [6.07, 6.45) is 0. The van der Waals surface area contributed by atoms with Gasteiger partial charge in [-0.25, -0.2) is 8.42 Å². The summed E-state index contributed by atoms with van der Waals surface area (Å²) in [5.74, 6) is -0.652. The Morgan fingerprint density at radius 2 is 1.27 bits per heavy atom. The van der Waals surface area contributed by atoms with Gasteiger partial charge in [0.05, 0.1) is 4.90 Å². The number of sulfonamides is 1. The van der Waals surface area contributed by atoms with Crippen molar-refractivity contribution < 1.29 is 18.0 Å². The number of hydrogen-bond donors (Lipinski definition) is 2. The molecule has 2 N–H and O–H groups in total. The van der Waals surface area contributed by atoms with E-state index in [0.29, 0.717) is 35.6 Å². The first-order valence-electron chi connectivity index (χ1n) is 10.6. The minimum Gasteiger partial charge on any atom is -0.322 e. The topological polar surface area (TPSA) is 95.6 Å². The van der Waals surface area contributed by atoms with Gasteiger partial charge in [-0.1, -0.05) is 38.1 Å². The maximum absolute atomic E-state index is 12.9. The molecule has 7 nitrogen and oxygen atoms in total. The molecule has 2 amide bonds. The van der Waals surface area contributed by atoms with Crippen LogP contribution in [-0.2, 0) is 10.0 Å². The van der Waals surface area contributed by atoms with E-state index in [4.69, 9.17) is 0 Å². The molecule has 0 heterocycles. The van der Waals surface area contributed by atoms with E-state index in [1.54, 1.807) is 81.4 Å². The second-order valence-electron chi connectivity index (χ2n) is 7.42. The number of rotatable bonds is 8. The number of carbonyl (C=O) groups excluding carboxylic acids is 2. The van der Waals surface area contributed by atoms with E-state index in [2.05, 4.69) is 10.6 Å². The molecule has 0 radical (unpaired) electrons. The monoisotopic (exact) mass is 465 g/mol. The van der Waals surface area contributed by atoms with Gasteiger partial charge in [0.1, 0.15) is 0 Å². The molecule has 3 aromatic carbocycles. The molecular weight excluding hydrogens is 438 g/mol. The third-order valence-electron chi connectivity index (χ3n) is 5.21. The predicted octanol–water partition coefficient (Wildman–Crippen LogP) is 4.53. The molecule has 0 aromatic heterocycles. The van der Waals surface area contributed by atoms with Gasteiger partial charge in [-0.2, -0.15) is 4.31 Å². The maximum Gasteiger partial charge on any atom is 0.255 e. The fourth-order valence-electron chi connectivity index (χ4n) is 3.35. The lowest BCUT2D eigenvalue weighted by Gasteiger charge is -2.20. The second-order valence-corrected chi connectivity index (χ2v) is 9.33. The van der Waals surface area contributed by atoms with Gasteiger partial charge in [0, 0.05) is 35.6 Å². The molecule has 3 aromatic rings. The van der Waals surface area contributed by atoms with Crippen molar-refractivity contribution in [3.63, 3.8) is 0 Å². The van der Waals surface area contributed by atoms with Crippen LogP contribution in [0.25, 0.3) is 0 Å². The van der Waals surface area contributed by atoms with Crippen LogP contribution >= 0.6 is 0 Å². The van der Waals surface area contributed by atoms with Crippen molar-refractivity contribution in [2.75, 3.05) is 23.7 Å². The molecule has 0 spiro atoms. The number of carbonyl (C=O) groups is 2. The number of nitrogens with zero attached hydrogens (tertiary/aromatic N) is 1.